The van der Waals surface area contributed by atoms with Crippen LogP contribution in [0, 0.1) is 0 Å². The van der Waals surface area contributed by atoms with E-state index in [1.165, 1.54) is 62.4 Å². The second-order valence-corrected chi connectivity index (χ2v) is 23.8. The Balaban J connectivity index is 1.45. The van der Waals surface area contributed by atoms with Gasteiger partial charge < -0.3 is 61.5 Å². The van der Waals surface area contributed by atoms with Crippen LogP contribution in [0.2, 0.25) is 0 Å². The van der Waals surface area contributed by atoms with Gasteiger partial charge >= 0.3 is 11.9 Å². The number of anilines is 6. The number of esters is 2. The molecule has 520 valence electrons. The van der Waals surface area contributed by atoms with Gasteiger partial charge in [-0.25, -0.2) is 9.59 Å². The van der Waals surface area contributed by atoms with Crippen LogP contribution in [0.3, 0.4) is 0 Å². The Morgan fingerprint density at radius 3 is 0.947 bits per heavy atom. The largest absolute Gasteiger partial charge is 0.493 e. The Bertz CT molecular complexity index is 2910. The fourth-order valence-electron chi connectivity index (χ4n) is 10.2. The highest BCUT2D eigenvalue weighted by Gasteiger charge is 2.21. The molecule has 0 atom stereocenters. The predicted molar refractivity (Wildman–Crippen MR) is 372 cm³/mol. The number of unbranched alkanes of at least 4 members (excludes halogenated alkanes) is 20. The van der Waals surface area contributed by atoms with Gasteiger partial charge in [-0.15, -0.1) is 0 Å². The third-order valence-electron chi connectivity index (χ3n) is 15.2. The molecule has 4 aromatic rings. The molecule has 0 saturated carbocycles. The first kappa shape index (κ1) is 78.6. The topological polar surface area (TPSA) is 304 Å². The fraction of sp³-hybridized carbons (Fsp3) is 0.534. The van der Waals surface area contributed by atoms with Crippen molar-refractivity contribution in [2.45, 2.75) is 215 Å². The summed E-state index contributed by atoms with van der Waals surface area (Å²) < 4.78 is 23.2. The van der Waals surface area contributed by atoms with Crippen molar-refractivity contribution >= 4 is 93.3 Å². The molecule has 0 aliphatic rings. The molecule has 0 aliphatic carbocycles. The summed E-state index contributed by atoms with van der Waals surface area (Å²) in [5.41, 5.74) is 1.51. The van der Waals surface area contributed by atoms with Gasteiger partial charge in [-0.2, -0.15) is 0 Å². The average molecular weight is 1320 g/mol. The summed E-state index contributed by atoms with van der Waals surface area (Å²) in [7, 11) is 0. The summed E-state index contributed by atoms with van der Waals surface area (Å²) in [6, 6.07) is 17.9. The number of hydrogen-bond donors (Lipinski definition) is 8. The fourth-order valence-corrected chi connectivity index (χ4v) is 10.2. The summed E-state index contributed by atoms with van der Waals surface area (Å²) in [5, 5.41) is 21.5. The van der Waals surface area contributed by atoms with Gasteiger partial charge in [-0.05, 0) is 105 Å². The van der Waals surface area contributed by atoms with Gasteiger partial charge in [0.05, 0.1) is 61.8 Å². The molecule has 0 spiro atoms. The van der Waals surface area contributed by atoms with Gasteiger partial charge in [-0.1, -0.05) is 156 Å². The first-order valence-corrected chi connectivity index (χ1v) is 34.4. The van der Waals surface area contributed by atoms with Crippen molar-refractivity contribution in [1.82, 2.24) is 10.6 Å². The van der Waals surface area contributed by atoms with E-state index in [0.29, 0.717) is 37.4 Å². The van der Waals surface area contributed by atoms with E-state index in [2.05, 4.69) is 70.2 Å². The van der Waals surface area contributed by atoms with E-state index >= 15 is 0 Å². The van der Waals surface area contributed by atoms with E-state index in [0.717, 1.165) is 141 Å². The first-order chi connectivity index (χ1) is 45.9. The normalized spacial score (nSPS) is 10.8. The number of ether oxygens (including phenoxy) is 4. The summed E-state index contributed by atoms with van der Waals surface area (Å²) in [4.78, 5) is 132. The lowest BCUT2D eigenvalue weighted by Crippen LogP contribution is -2.33. The van der Waals surface area contributed by atoms with Crippen LogP contribution >= 0.6 is 0 Å². The molecule has 0 unspecified atom stereocenters. The molecule has 22 heteroatoms. The first-order valence-electron chi connectivity index (χ1n) is 34.4. The number of carbonyl (C=O) groups excluding carboxylic acids is 10. The van der Waals surface area contributed by atoms with Crippen LogP contribution in [0.4, 0.5) is 34.1 Å². The Morgan fingerprint density at radius 1 is 0.316 bits per heavy atom. The average Bonchev–Trinajstić information content (AvgIpc) is 0.892. The van der Waals surface area contributed by atoms with Crippen molar-refractivity contribution in [3.8, 4) is 11.5 Å². The maximum absolute atomic E-state index is 13.6. The number of rotatable bonds is 48. The zero-order valence-electron chi connectivity index (χ0n) is 57.0. The molecule has 0 aromatic heterocycles. The highest BCUT2D eigenvalue weighted by Crippen LogP contribution is 2.27. The maximum Gasteiger partial charge on any atom is 0.338 e. The minimum atomic E-state index is -0.687. The van der Waals surface area contributed by atoms with E-state index in [9.17, 15) is 47.9 Å². The Hall–Kier alpha value is -8.82. The summed E-state index contributed by atoms with van der Waals surface area (Å²) >= 11 is 0. The SMILES string of the molecule is CCCCCCCCOC(=O)c1cc(NC(=O)CCCC(=O)Nc2cc(NC(=O)CNC(=O)c3cc(NC(C)=O)ccc3OCCCCCCCC)cc(C(=O)OCCCCCCCC)c2)cc(NC(=O)CNC(=O)c2cc(NC(C)=O)ccc2OCCCCCCCC)c1. The highest BCUT2D eigenvalue weighted by atomic mass is 16.5. The van der Waals surface area contributed by atoms with Crippen LogP contribution < -0.4 is 52.0 Å². The molecule has 8 amide bonds. The quantitative estimate of drug-likeness (QED) is 0.0151. The zero-order chi connectivity index (χ0) is 69.0. The second kappa shape index (κ2) is 46.3. The van der Waals surface area contributed by atoms with Gasteiger partial charge in [0.15, 0.2) is 0 Å². The van der Waals surface area contributed by atoms with Crippen LogP contribution in [0.25, 0.3) is 0 Å². The summed E-state index contributed by atoms with van der Waals surface area (Å²) in [6.07, 6.45) is 23.8. The second-order valence-electron chi connectivity index (χ2n) is 23.8. The van der Waals surface area contributed by atoms with Crippen LogP contribution in [0.15, 0.2) is 72.8 Å². The van der Waals surface area contributed by atoms with Gasteiger partial charge in [0, 0.05) is 60.8 Å². The van der Waals surface area contributed by atoms with E-state index in [1.807, 2.05) is 0 Å². The molecule has 4 aromatic carbocycles. The molecule has 0 radical (unpaired) electrons. The monoisotopic (exact) mass is 1320 g/mol. The smallest absolute Gasteiger partial charge is 0.338 e. The van der Waals surface area contributed by atoms with Crippen molar-refractivity contribution in [2.75, 3.05) is 71.4 Å². The number of amides is 8. The minimum Gasteiger partial charge on any atom is -0.493 e. The lowest BCUT2D eigenvalue weighted by molar-refractivity contribution is -0.118. The van der Waals surface area contributed by atoms with Crippen molar-refractivity contribution in [3.05, 3.63) is 95.1 Å². The maximum atomic E-state index is 13.6. The van der Waals surface area contributed by atoms with E-state index < -0.39 is 60.5 Å². The Kier molecular flexibility index (Phi) is 38.3. The lowest BCUT2D eigenvalue weighted by Gasteiger charge is -2.15. The molecule has 0 aliphatic heterocycles. The van der Waals surface area contributed by atoms with Crippen LogP contribution in [0.1, 0.15) is 256 Å². The van der Waals surface area contributed by atoms with E-state index in [1.54, 1.807) is 24.3 Å². The zero-order valence-corrected chi connectivity index (χ0v) is 57.0. The summed E-state index contributed by atoms with van der Waals surface area (Å²) in [5.74, 6) is -5.14. The van der Waals surface area contributed by atoms with Gasteiger partial charge in [0.25, 0.3) is 11.8 Å². The molecule has 0 bridgehead atoms. The van der Waals surface area contributed by atoms with Crippen molar-refractivity contribution in [1.29, 1.82) is 0 Å². The molecule has 0 saturated heterocycles. The molecule has 0 heterocycles. The summed E-state index contributed by atoms with van der Waals surface area (Å²) in [6.45, 7) is 11.3. The lowest BCUT2D eigenvalue weighted by atomic mass is 10.1. The number of hydrogen-bond acceptors (Lipinski definition) is 14. The molecule has 0 fully saturated rings. The highest BCUT2D eigenvalue weighted by molar-refractivity contribution is 6.05. The molecular formula is C73H104N8O14. The molecular weight excluding hydrogens is 1210 g/mol. The van der Waals surface area contributed by atoms with Crippen molar-refractivity contribution in [3.63, 3.8) is 0 Å². The number of carbonyl (C=O) groups is 10. The van der Waals surface area contributed by atoms with Crippen LogP contribution in [-0.4, -0.2) is 98.7 Å². The van der Waals surface area contributed by atoms with Gasteiger partial charge in [-0.3, -0.25) is 38.4 Å². The molecule has 22 nitrogen and oxygen atoms in total. The standard InChI is InChI=1S/C73H104N8O14/c1-7-11-15-19-23-27-38-92-64-36-34-56(76-52(5)82)48-62(64)70(88)74-50-68(86)80-60-44-54(72(90)94-40-29-25-21-17-13-9-3)42-58(46-60)78-66(84)32-31-33-67(85)79-59-43-55(73(91)95-41-30-26-22-18-14-10-4)45-61(47-59)81-69(87)51-75-71(89)63-49-57(77-53(6)83)35-37-65(63)93-39-28-24-20-16-12-8-2/h34-37,42-49H,7-33,38-41,50-51H2,1-6H3,(H,74,88)(H,75,89)(H,76,82)(H,77,83)(H,78,84)(H,79,85)(H,80,86)(H,81,87). The molecule has 8 N–H and O–H groups in total. The minimum absolute atomic E-state index is 0.0341. The third-order valence-corrected chi connectivity index (χ3v) is 15.2. The van der Waals surface area contributed by atoms with Crippen LogP contribution in [-0.2, 0) is 38.2 Å². The Morgan fingerprint density at radius 2 is 0.621 bits per heavy atom. The van der Waals surface area contributed by atoms with E-state index in [4.69, 9.17) is 18.9 Å². The molecule has 95 heavy (non-hydrogen) atoms. The predicted octanol–water partition coefficient (Wildman–Crippen LogP) is 14.6. The van der Waals surface area contributed by atoms with Crippen LogP contribution in [0.5, 0.6) is 11.5 Å². The number of benzene rings is 4. The number of nitrogens with one attached hydrogen (secondary N) is 8. The van der Waals surface area contributed by atoms with Crippen molar-refractivity contribution < 1.29 is 66.9 Å². The van der Waals surface area contributed by atoms with Gasteiger partial charge in [0.1, 0.15) is 11.5 Å². The van der Waals surface area contributed by atoms with Crippen molar-refractivity contribution in [2.24, 2.45) is 0 Å². The third kappa shape index (κ3) is 33.2. The van der Waals surface area contributed by atoms with Gasteiger partial charge in [0.2, 0.25) is 35.4 Å². The Labute approximate surface area is 561 Å². The molecule has 4 rings (SSSR count). The van der Waals surface area contributed by atoms with E-state index in [-0.39, 0.29) is 101 Å².